The number of aliphatic hydroxyl groups excluding tert-OH is 1. The van der Waals surface area contributed by atoms with Crippen molar-refractivity contribution >= 4 is 11.3 Å². The van der Waals surface area contributed by atoms with Crippen molar-refractivity contribution < 1.29 is 5.11 Å². The van der Waals surface area contributed by atoms with Crippen LogP contribution in [0, 0.1) is 0 Å². The summed E-state index contributed by atoms with van der Waals surface area (Å²) in [5, 5.41) is 20.8. The fourth-order valence-electron chi connectivity index (χ4n) is 1.99. The first-order valence-electron chi connectivity index (χ1n) is 6.51. The van der Waals surface area contributed by atoms with Crippen LogP contribution in [0.2, 0.25) is 0 Å². The molecule has 102 valence electrons. The molecular formula is C15H15N3OS. The Bertz CT molecular complexity index is 649. The first kappa shape index (κ1) is 13.0. The number of rotatable bonds is 5. The van der Waals surface area contributed by atoms with Gasteiger partial charge >= 0.3 is 0 Å². The van der Waals surface area contributed by atoms with Crippen molar-refractivity contribution in [2.24, 2.45) is 0 Å². The van der Waals surface area contributed by atoms with Crippen LogP contribution in [0.3, 0.4) is 0 Å². The summed E-state index contributed by atoms with van der Waals surface area (Å²) in [6.45, 7) is 0. The van der Waals surface area contributed by atoms with Gasteiger partial charge in [-0.15, -0.1) is 11.3 Å². The van der Waals surface area contributed by atoms with Crippen LogP contribution < -0.4 is 0 Å². The zero-order valence-electron chi connectivity index (χ0n) is 10.9. The van der Waals surface area contributed by atoms with Gasteiger partial charge in [-0.05, 0) is 36.4 Å². The number of aromatic nitrogens is 3. The average Bonchev–Trinajstić information content (AvgIpc) is 3.17. The molecule has 0 aliphatic heterocycles. The van der Waals surface area contributed by atoms with Crippen molar-refractivity contribution in [3.63, 3.8) is 0 Å². The Labute approximate surface area is 121 Å². The van der Waals surface area contributed by atoms with Crippen molar-refractivity contribution in [1.82, 2.24) is 15.0 Å². The normalized spacial score (nSPS) is 12.4. The van der Waals surface area contributed by atoms with Gasteiger partial charge in [0, 0.05) is 4.88 Å². The molecule has 1 N–H and O–H groups in total. The lowest BCUT2D eigenvalue weighted by atomic mass is 10.1. The Balaban J connectivity index is 1.67. The molecule has 1 aromatic carbocycles. The molecule has 0 bridgehead atoms. The number of hydrogen-bond acceptors (Lipinski definition) is 4. The van der Waals surface area contributed by atoms with Gasteiger partial charge in [0.1, 0.15) is 5.69 Å². The standard InChI is InChI=1S/C15H15N3OS/c19-15(9-8-13-7-4-10-20-13)14-11-16-18(17-14)12-5-2-1-3-6-12/h1-7,10-11,15,19H,8-9H2. The predicted molar refractivity (Wildman–Crippen MR) is 79.0 cm³/mol. The van der Waals surface area contributed by atoms with Crippen molar-refractivity contribution in [2.75, 3.05) is 0 Å². The largest absolute Gasteiger partial charge is 0.387 e. The van der Waals surface area contributed by atoms with E-state index < -0.39 is 6.10 Å². The molecular weight excluding hydrogens is 270 g/mol. The number of thiophene rings is 1. The average molecular weight is 285 g/mol. The van der Waals surface area contributed by atoms with Gasteiger partial charge in [-0.1, -0.05) is 24.3 Å². The fraction of sp³-hybridized carbons (Fsp3) is 0.200. The maximum absolute atomic E-state index is 10.2. The summed E-state index contributed by atoms with van der Waals surface area (Å²) in [7, 11) is 0. The molecule has 0 aliphatic rings. The SMILES string of the molecule is OC(CCc1cccs1)c1cnn(-c2ccccc2)n1. The van der Waals surface area contributed by atoms with Gasteiger partial charge in [-0.25, -0.2) is 0 Å². The molecule has 2 aromatic heterocycles. The lowest BCUT2D eigenvalue weighted by Gasteiger charge is -2.05. The van der Waals surface area contributed by atoms with Gasteiger partial charge in [-0.2, -0.15) is 15.0 Å². The van der Waals surface area contributed by atoms with E-state index in [0.29, 0.717) is 12.1 Å². The number of para-hydroxylation sites is 1. The number of nitrogens with zero attached hydrogens (tertiary/aromatic N) is 3. The quantitative estimate of drug-likeness (QED) is 0.784. The summed E-state index contributed by atoms with van der Waals surface area (Å²) in [4.78, 5) is 2.82. The summed E-state index contributed by atoms with van der Waals surface area (Å²) in [5.41, 5.74) is 1.51. The van der Waals surface area contributed by atoms with E-state index in [0.717, 1.165) is 12.1 Å². The van der Waals surface area contributed by atoms with E-state index in [2.05, 4.69) is 16.3 Å². The molecule has 0 saturated carbocycles. The Kier molecular flexibility index (Phi) is 3.90. The minimum Gasteiger partial charge on any atom is -0.387 e. The molecule has 4 nitrogen and oxygen atoms in total. The Morgan fingerprint density at radius 1 is 1.15 bits per heavy atom. The summed E-state index contributed by atoms with van der Waals surface area (Å²) in [5.74, 6) is 0. The summed E-state index contributed by atoms with van der Waals surface area (Å²) >= 11 is 1.71. The maximum atomic E-state index is 10.2. The molecule has 0 aliphatic carbocycles. The molecule has 0 saturated heterocycles. The summed E-state index contributed by atoms with van der Waals surface area (Å²) in [6, 6.07) is 13.8. The minimum absolute atomic E-state index is 0.574. The van der Waals surface area contributed by atoms with Crippen LogP contribution >= 0.6 is 11.3 Å². The number of benzene rings is 1. The van der Waals surface area contributed by atoms with Crippen LogP contribution in [-0.2, 0) is 6.42 Å². The number of aryl methyl sites for hydroxylation is 1. The van der Waals surface area contributed by atoms with Crippen LogP contribution in [-0.4, -0.2) is 20.1 Å². The molecule has 1 unspecified atom stereocenters. The monoisotopic (exact) mass is 285 g/mol. The molecule has 20 heavy (non-hydrogen) atoms. The van der Waals surface area contributed by atoms with Crippen LogP contribution in [0.1, 0.15) is 23.1 Å². The van der Waals surface area contributed by atoms with E-state index in [1.165, 1.54) is 4.88 Å². The highest BCUT2D eigenvalue weighted by atomic mass is 32.1. The second-order valence-corrected chi connectivity index (χ2v) is 5.56. The van der Waals surface area contributed by atoms with Gasteiger partial charge < -0.3 is 5.11 Å². The Hall–Kier alpha value is -1.98. The molecule has 3 aromatic rings. The fourth-order valence-corrected chi connectivity index (χ4v) is 2.72. The maximum Gasteiger partial charge on any atom is 0.112 e. The molecule has 2 heterocycles. The molecule has 0 amide bonds. The lowest BCUT2D eigenvalue weighted by molar-refractivity contribution is 0.163. The van der Waals surface area contributed by atoms with Crippen LogP contribution in [0.5, 0.6) is 0 Å². The van der Waals surface area contributed by atoms with Crippen LogP contribution in [0.15, 0.2) is 54.0 Å². The zero-order valence-corrected chi connectivity index (χ0v) is 11.7. The summed E-state index contributed by atoms with van der Waals surface area (Å²) < 4.78 is 0. The van der Waals surface area contributed by atoms with E-state index in [9.17, 15) is 5.11 Å². The van der Waals surface area contributed by atoms with Gasteiger partial charge in [0.15, 0.2) is 0 Å². The third-order valence-electron chi connectivity index (χ3n) is 3.08. The van der Waals surface area contributed by atoms with E-state index in [-0.39, 0.29) is 0 Å². The molecule has 3 rings (SSSR count). The van der Waals surface area contributed by atoms with E-state index >= 15 is 0 Å². The van der Waals surface area contributed by atoms with Crippen molar-refractivity contribution in [3.05, 3.63) is 64.6 Å². The van der Waals surface area contributed by atoms with Crippen molar-refractivity contribution in [1.29, 1.82) is 0 Å². The van der Waals surface area contributed by atoms with Crippen LogP contribution in [0.25, 0.3) is 5.69 Å². The lowest BCUT2D eigenvalue weighted by Crippen LogP contribution is -2.03. The number of hydrogen-bond donors (Lipinski definition) is 1. The molecule has 0 spiro atoms. The van der Waals surface area contributed by atoms with Gasteiger partial charge in [0.25, 0.3) is 0 Å². The highest BCUT2D eigenvalue weighted by Gasteiger charge is 2.13. The van der Waals surface area contributed by atoms with E-state index in [4.69, 9.17) is 0 Å². The van der Waals surface area contributed by atoms with E-state index in [1.807, 2.05) is 41.8 Å². The van der Waals surface area contributed by atoms with Crippen molar-refractivity contribution in [3.8, 4) is 5.69 Å². The third kappa shape index (κ3) is 2.95. The second-order valence-electron chi connectivity index (χ2n) is 4.53. The third-order valence-corrected chi connectivity index (χ3v) is 4.02. The molecule has 0 fully saturated rings. The van der Waals surface area contributed by atoms with Crippen LogP contribution in [0.4, 0.5) is 0 Å². The highest BCUT2D eigenvalue weighted by molar-refractivity contribution is 7.09. The molecule has 0 radical (unpaired) electrons. The van der Waals surface area contributed by atoms with E-state index in [1.54, 1.807) is 22.3 Å². The first-order valence-corrected chi connectivity index (χ1v) is 7.39. The smallest absolute Gasteiger partial charge is 0.112 e. The Morgan fingerprint density at radius 2 is 2.00 bits per heavy atom. The topological polar surface area (TPSA) is 50.9 Å². The predicted octanol–water partition coefficient (Wildman–Crippen LogP) is 3.00. The van der Waals surface area contributed by atoms with Gasteiger partial charge in [-0.3, -0.25) is 0 Å². The highest BCUT2D eigenvalue weighted by Crippen LogP contribution is 2.19. The first-order chi connectivity index (χ1) is 9.83. The summed E-state index contributed by atoms with van der Waals surface area (Å²) in [6.07, 6.45) is 2.58. The number of aliphatic hydroxyl groups is 1. The minimum atomic E-state index is -0.574. The van der Waals surface area contributed by atoms with Gasteiger partial charge in [0.2, 0.25) is 0 Å². The van der Waals surface area contributed by atoms with Crippen molar-refractivity contribution in [2.45, 2.75) is 18.9 Å². The molecule has 5 heteroatoms. The zero-order chi connectivity index (χ0) is 13.8. The Morgan fingerprint density at radius 3 is 2.75 bits per heavy atom. The second kappa shape index (κ2) is 5.98. The molecule has 1 atom stereocenters. The van der Waals surface area contributed by atoms with Gasteiger partial charge in [0.05, 0.1) is 18.0 Å².